The molecule has 3 aromatic heterocycles. The van der Waals surface area contributed by atoms with Gasteiger partial charge in [0.15, 0.2) is 0 Å². The average molecular weight is 353 g/mol. The second kappa shape index (κ2) is 6.21. The fourth-order valence-electron chi connectivity index (χ4n) is 2.71. The number of thioether (sulfide) groups is 1. The summed E-state index contributed by atoms with van der Waals surface area (Å²) in [5.41, 5.74) is 1.17. The third-order valence-electron chi connectivity index (χ3n) is 3.83. The Labute approximate surface area is 147 Å². The summed E-state index contributed by atoms with van der Waals surface area (Å²) in [6.07, 6.45) is 3.27. The molecule has 0 bridgehead atoms. The molecule has 4 rings (SSSR count). The van der Waals surface area contributed by atoms with Gasteiger partial charge in [0.2, 0.25) is 5.16 Å². The topological polar surface area (TPSA) is 74.3 Å². The maximum Gasteiger partial charge on any atom is 0.266 e. The van der Waals surface area contributed by atoms with Crippen LogP contribution in [0.15, 0.2) is 52.7 Å². The van der Waals surface area contributed by atoms with E-state index >= 15 is 0 Å². The number of ether oxygens (including phenoxy) is 1. The molecule has 0 amide bonds. The van der Waals surface area contributed by atoms with Crippen molar-refractivity contribution in [2.45, 2.75) is 12.1 Å². The number of nitrogens with zero attached hydrogens (tertiary/aromatic N) is 5. The summed E-state index contributed by atoms with van der Waals surface area (Å²) < 4.78 is 8.52. The number of pyridine rings is 1. The third kappa shape index (κ3) is 2.54. The van der Waals surface area contributed by atoms with Crippen LogP contribution in [0, 0.1) is 0 Å². The van der Waals surface area contributed by atoms with Crippen molar-refractivity contribution in [1.29, 1.82) is 0 Å². The number of para-hydroxylation sites is 2. The first-order chi connectivity index (χ1) is 12.2. The number of aromatic nitrogens is 5. The van der Waals surface area contributed by atoms with Crippen molar-refractivity contribution < 1.29 is 4.74 Å². The van der Waals surface area contributed by atoms with Crippen molar-refractivity contribution in [3.8, 4) is 11.4 Å². The lowest BCUT2D eigenvalue weighted by Crippen LogP contribution is -2.19. The Hall–Kier alpha value is -2.87. The standard InChI is InChI=1S/C17H15N5O2S/c1-3-25-17-19-16-18-10-11-12(22(16)20-17)8-9-21(15(11)23)13-6-4-5-7-14(13)24-2/h4-10H,3H2,1-2H3. The highest BCUT2D eigenvalue weighted by Crippen LogP contribution is 2.22. The van der Waals surface area contributed by atoms with Gasteiger partial charge in [0.1, 0.15) is 5.75 Å². The molecule has 0 radical (unpaired) electrons. The molecule has 0 atom stereocenters. The van der Waals surface area contributed by atoms with E-state index in [0.29, 0.717) is 33.3 Å². The molecule has 126 valence electrons. The summed E-state index contributed by atoms with van der Waals surface area (Å²) in [5, 5.41) is 5.56. The SMILES string of the molecule is CCSc1nc2ncc3c(=O)n(-c4ccccc4OC)ccc3n2n1. The quantitative estimate of drug-likeness (QED) is 0.525. The molecule has 0 saturated heterocycles. The monoisotopic (exact) mass is 353 g/mol. The minimum Gasteiger partial charge on any atom is -0.495 e. The molecule has 0 N–H and O–H groups in total. The van der Waals surface area contributed by atoms with Crippen molar-refractivity contribution in [1.82, 2.24) is 24.1 Å². The highest BCUT2D eigenvalue weighted by Gasteiger charge is 2.13. The van der Waals surface area contributed by atoms with Gasteiger partial charge in [0.05, 0.1) is 23.7 Å². The molecule has 8 heteroatoms. The van der Waals surface area contributed by atoms with Crippen LogP contribution in [-0.4, -0.2) is 37.0 Å². The molecule has 0 saturated carbocycles. The summed E-state index contributed by atoms with van der Waals surface area (Å²) in [7, 11) is 1.58. The number of rotatable bonds is 4. The van der Waals surface area contributed by atoms with E-state index in [1.54, 1.807) is 28.6 Å². The lowest BCUT2D eigenvalue weighted by molar-refractivity contribution is 0.412. The second-order valence-corrected chi connectivity index (χ2v) is 6.49. The predicted molar refractivity (Wildman–Crippen MR) is 96.8 cm³/mol. The van der Waals surface area contributed by atoms with Gasteiger partial charge in [-0.3, -0.25) is 9.36 Å². The Morgan fingerprint density at radius 3 is 2.88 bits per heavy atom. The summed E-state index contributed by atoms with van der Waals surface area (Å²) in [6, 6.07) is 9.22. The molecule has 25 heavy (non-hydrogen) atoms. The molecular weight excluding hydrogens is 338 g/mol. The van der Waals surface area contributed by atoms with Crippen LogP contribution >= 0.6 is 11.8 Å². The van der Waals surface area contributed by atoms with Crippen LogP contribution in [0.5, 0.6) is 5.75 Å². The van der Waals surface area contributed by atoms with Crippen LogP contribution in [0.4, 0.5) is 0 Å². The molecule has 3 heterocycles. The maximum atomic E-state index is 13.0. The van der Waals surface area contributed by atoms with E-state index in [9.17, 15) is 4.79 Å². The number of hydrogen-bond donors (Lipinski definition) is 0. The molecule has 0 aliphatic heterocycles. The number of methoxy groups -OCH3 is 1. The highest BCUT2D eigenvalue weighted by atomic mass is 32.2. The first-order valence-electron chi connectivity index (χ1n) is 7.76. The summed E-state index contributed by atoms with van der Waals surface area (Å²) in [4.78, 5) is 21.6. The summed E-state index contributed by atoms with van der Waals surface area (Å²) in [5.74, 6) is 1.98. The van der Waals surface area contributed by atoms with Crippen molar-refractivity contribution in [2.75, 3.05) is 12.9 Å². The maximum absolute atomic E-state index is 13.0. The Morgan fingerprint density at radius 2 is 2.08 bits per heavy atom. The molecule has 0 aliphatic rings. The van der Waals surface area contributed by atoms with Gasteiger partial charge in [-0.2, -0.15) is 9.50 Å². The lowest BCUT2D eigenvalue weighted by Gasteiger charge is -2.11. The fraction of sp³-hybridized carbons (Fsp3) is 0.176. The minimum absolute atomic E-state index is 0.184. The van der Waals surface area contributed by atoms with E-state index in [2.05, 4.69) is 15.1 Å². The van der Waals surface area contributed by atoms with Crippen LogP contribution in [0.3, 0.4) is 0 Å². The zero-order chi connectivity index (χ0) is 17.4. The second-order valence-electron chi connectivity index (χ2n) is 5.26. The summed E-state index contributed by atoms with van der Waals surface area (Å²) >= 11 is 1.54. The first kappa shape index (κ1) is 15.6. The first-order valence-corrected chi connectivity index (χ1v) is 8.75. The average Bonchev–Trinajstić information content (AvgIpc) is 3.05. The number of benzene rings is 1. The van der Waals surface area contributed by atoms with Gasteiger partial charge in [-0.15, -0.1) is 5.10 Å². The van der Waals surface area contributed by atoms with Gasteiger partial charge in [-0.05, 0) is 24.0 Å². The molecule has 1 aromatic carbocycles. The smallest absolute Gasteiger partial charge is 0.266 e. The molecule has 0 spiro atoms. The highest BCUT2D eigenvalue weighted by molar-refractivity contribution is 7.99. The van der Waals surface area contributed by atoms with E-state index in [1.807, 2.05) is 37.3 Å². The van der Waals surface area contributed by atoms with E-state index in [0.717, 1.165) is 5.75 Å². The van der Waals surface area contributed by atoms with E-state index in [4.69, 9.17) is 4.74 Å². The van der Waals surface area contributed by atoms with Crippen molar-refractivity contribution in [3.63, 3.8) is 0 Å². The van der Waals surface area contributed by atoms with Gasteiger partial charge in [0.25, 0.3) is 11.3 Å². The molecule has 0 aliphatic carbocycles. The van der Waals surface area contributed by atoms with Crippen molar-refractivity contribution >= 4 is 28.4 Å². The van der Waals surface area contributed by atoms with E-state index in [-0.39, 0.29) is 5.56 Å². The molecular formula is C17H15N5O2S. The minimum atomic E-state index is -0.184. The van der Waals surface area contributed by atoms with E-state index in [1.165, 1.54) is 11.8 Å². The van der Waals surface area contributed by atoms with Crippen LogP contribution in [0.25, 0.3) is 22.4 Å². The van der Waals surface area contributed by atoms with Crippen molar-refractivity contribution in [2.24, 2.45) is 0 Å². The van der Waals surface area contributed by atoms with Crippen LogP contribution in [-0.2, 0) is 0 Å². The normalized spacial score (nSPS) is 11.3. The molecule has 0 unspecified atom stereocenters. The zero-order valence-corrected chi connectivity index (χ0v) is 14.5. The molecule has 7 nitrogen and oxygen atoms in total. The Balaban J connectivity index is 1.97. The van der Waals surface area contributed by atoms with Crippen molar-refractivity contribution in [3.05, 3.63) is 53.1 Å². The molecule has 0 fully saturated rings. The van der Waals surface area contributed by atoms with Gasteiger partial charge < -0.3 is 4.74 Å². The Kier molecular flexibility index (Phi) is 3.89. The summed E-state index contributed by atoms with van der Waals surface area (Å²) in [6.45, 7) is 2.04. The van der Waals surface area contributed by atoms with Gasteiger partial charge in [-0.25, -0.2) is 4.98 Å². The Bertz CT molecular complexity index is 1130. The van der Waals surface area contributed by atoms with Gasteiger partial charge >= 0.3 is 0 Å². The number of fused-ring (bicyclic) bond motifs is 3. The number of hydrogen-bond acceptors (Lipinski definition) is 6. The van der Waals surface area contributed by atoms with Crippen LogP contribution in [0.2, 0.25) is 0 Å². The third-order valence-corrected chi connectivity index (χ3v) is 4.55. The van der Waals surface area contributed by atoms with Crippen LogP contribution in [0.1, 0.15) is 6.92 Å². The van der Waals surface area contributed by atoms with Crippen LogP contribution < -0.4 is 10.3 Å². The predicted octanol–water partition coefficient (Wildman–Crippen LogP) is 2.55. The fourth-order valence-corrected chi connectivity index (χ4v) is 3.25. The molecule has 4 aromatic rings. The van der Waals surface area contributed by atoms with Gasteiger partial charge in [-0.1, -0.05) is 30.8 Å². The zero-order valence-electron chi connectivity index (χ0n) is 13.7. The van der Waals surface area contributed by atoms with E-state index < -0.39 is 0 Å². The lowest BCUT2D eigenvalue weighted by atomic mass is 10.2. The largest absolute Gasteiger partial charge is 0.495 e. The van der Waals surface area contributed by atoms with Gasteiger partial charge in [0, 0.05) is 12.4 Å². The Morgan fingerprint density at radius 1 is 1.24 bits per heavy atom.